The predicted octanol–water partition coefficient (Wildman–Crippen LogP) is 0.549. The third kappa shape index (κ3) is 9.25. The molecule has 1 fully saturated rings. The Morgan fingerprint density at radius 3 is 2.55 bits per heavy atom. The van der Waals surface area contributed by atoms with Crippen LogP contribution in [-0.2, 0) is 20.9 Å². The number of methoxy groups -OCH3 is 1. The zero-order valence-corrected chi connectivity index (χ0v) is 17.7. The van der Waals surface area contributed by atoms with E-state index in [1.165, 1.54) is 5.56 Å². The Hall–Kier alpha value is -2.16. The molecule has 1 aromatic carbocycles. The fourth-order valence-corrected chi connectivity index (χ4v) is 3.08. The molecule has 162 valence electrons. The van der Waals surface area contributed by atoms with Gasteiger partial charge in [0.15, 0.2) is 5.96 Å². The van der Waals surface area contributed by atoms with E-state index in [0.29, 0.717) is 39.5 Å². The molecule has 2 N–H and O–H groups in total. The molecule has 1 aliphatic rings. The van der Waals surface area contributed by atoms with Gasteiger partial charge in [0.1, 0.15) is 0 Å². The number of rotatable bonds is 11. The molecule has 29 heavy (non-hydrogen) atoms. The number of hydrogen-bond donors (Lipinski definition) is 2. The number of aliphatic imine (C=N–C) groups is 1. The molecule has 0 aliphatic carbocycles. The third-order valence-corrected chi connectivity index (χ3v) is 4.61. The average Bonchev–Trinajstić information content (AvgIpc) is 2.74. The lowest BCUT2D eigenvalue weighted by molar-refractivity contribution is -0.122. The van der Waals surface area contributed by atoms with Crippen LogP contribution >= 0.6 is 0 Å². The van der Waals surface area contributed by atoms with Crippen molar-refractivity contribution in [3.05, 3.63) is 35.9 Å². The Labute approximate surface area is 174 Å². The molecule has 0 spiro atoms. The van der Waals surface area contributed by atoms with Crippen LogP contribution in [0.25, 0.3) is 0 Å². The van der Waals surface area contributed by atoms with Gasteiger partial charge in [-0.2, -0.15) is 0 Å². The van der Waals surface area contributed by atoms with Crippen molar-refractivity contribution in [2.75, 3.05) is 72.7 Å². The number of hydrogen-bond acceptors (Lipinski definition) is 5. The molecule has 1 heterocycles. The summed E-state index contributed by atoms with van der Waals surface area (Å²) in [5.41, 5.74) is 1.17. The summed E-state index contributed by atoms with van der Waals surface area (Å²) in [6.45, 7) is 9.62. The van der Waals surface area contributed by atoms with Crippen LogP contribution in [-0.4, -0.2) is 94.3 Å². The molecular weight excluding hydrogens is 370 g/mol. The second kappa shape index (κ2) is 13.9. The van der Waals surface area contributed by atoms with Crippen LogP contribution in [0.5, 0.6) is 0 Å². The standard InChI is InChI=1S/C21H35N5O3/c1-3-22-21(24-10-16-29-18-19-7-5-4-6-8-19)26-13-11-25(12-14-26)17-20(27)23-9-15-28-2/h4-8H,3,9-18H2,1-2H3,(H,22,24)(H,23,27). The van der Waals surface area contributed by atoms with Crippen LogP contribution < -0.4 is 10.6 Å². The maximum atomic E-state index is 11.9. The van der Waals surface area contributed by atoms with Crippen LogP contribution in [0, 0.1) is 0 Å². The number of guanidine groups is 1. The van der Waals surface area contributed by atoms with Gasteiger partial charge in [0.2, 0.25) is 5.91 Å². The van der Waals surface area contributed by atoms with Crippen LogP contribution in [0.15, 0.2) is 35.3 Å². The molecule has 0 saturated carbocycles. The minimum Gasteiger partial charge on any atom is -0.383 e. The van der Waals surface area contributed by atoms with Gasteiger partial charge in [0.25, 0.3) is 0 Å². The summed E-state index contributed by atoms with van der Waals surface area (Å²) >= 11 is 0. The van der Waals surface area contributed by atoms with Crippen molar-refractivity contribution in [1.29, 1.82) is 0 Å². The maximum Gasteiger partial charge on any atom is 0.234 e. The van der Waals surface area contributed by atoms with Gasteiger partial charge in [-0.25, -0.2) is 0 Å². The van der Waals surface area contributed by atoms with Crippen molar-refractivity contribution in [2.45, 2.75) is 13.5 Å². The molecule has 1 saturated heterocycles. The van der Waals surface area contributed by atoms with E-state index in [9.17, 15) is 4.79 Å². The molecule has 1 amide bonds. The van der Waals surface area contributed by atoms with Gasteiger partial charge in [-0.1, -0.05) is 30.3 Å². The Morgan fingerprint density at radius 2 is 1.86 bits per heavy atom. The number of carbonyl (C=O) groups excluding carboxylic acids is 1. The van der Waals surface area contributed by atoms with Crippen LogP contribution in [0.4, 0.5) is 0 Å². The highest BCUT2D eigenvalue weighted by Crippen LogP contribution is 2.03. The molecule has 0 aromatic heterocycles. The van der Waals surface area contributed by atoms with Crippen molar-refractivity contribution in [3.63, 3.8) is 0 Å². The Bertz CT molecular complexity index is 604. The van der Waals surface area contributed by atoms with Gasteiger partial charge in [-0.15, -0.1) is 0 Å². The molecule has 8 nitrogen and oxygen atoms in total. The predicted molar refractivity (Wildman–Crippen MR) is 115 cm³/mol. The molecular formula is C21H35N5O3. The first-order valence-electron chi connectivity index (χ1n) is 10.4. The van der Waals surface area contributed by atoms with E-state index in [2.05, 4.69) is 39.5 Å². The van der Waals surface area contributed by atoms with E-state index in [1.807, 2.05) is 18.2 Å². The Balaban J connectivity index is 1.69. The fraction of sp³-hybridized carbons (Fsp3) is 0.619. The summed E-state index contributed by atoms with van der Waals surface area (Å²) in [6, 6.07) is 10.2. The highest BCUT2D eigenvalue weighted by molar-refractivity contribution is 5.80. The molecule has 0 unspecified atom stereocenters. The average molecular weight is 406 g/mol. The smallest absolute Gasteiger partial charge is 0.234 e. The number of benzene rings is 1. The molecule has 1 aromatic rings. The fourth-order valence-electron chi connectivity index (χ4n) is 3.08. The lowest BCUT2D eigenvalue weighted by Gasteiger charge is -2.36. The highest BCUT2D eigenvalue weighted by Gasteiger charge is 2.20. The van der Waals surface area contributed by atoms with Crippen molar-refractivity contribution in [3.8, 4) is 0 Å². The van der Waals surface area contributed by atoms with E-state index in [0.717, 1.165) is 38.7 Å². The first kappa shape index (κ1) is 23.1. The molecule has 0 bridgehead atoms. The van der Waals surface area contributed by atoms with E-state index in [-0.39, 0.29) is 5.91 Å². The normalized spacial score (nSPS) is 15.4. The second-order valence-corrected chi connectivity index (χ2v) is 6.88. The summed E-state index contributed by atoms with van der Waals surface area (Å²) < 4.78 is 10.7. The number of ether oxygens (including phenoxy) is 2. The quantitative estimate of drug-likeness (QED) is 0.318. The van der Waals surface area contributed by atoms with Crippen molar-refractivity contribution >= 4 is 11.9 Å². The number of nitrogens with zero attached hydrogens (tertiary/aromatic N) is 3. The first-order chi connectivity index (χ1) is 14.2. The van der Waals surface area contributed by atoms with Gasteiger partial charge in [-0.05, 0) is 12.5 Å². The number of piperazine rings is 1. The lowest BCUT2D eigenvalue weighted by atomic mass is 10.2. The van der Waals surface area contributed by atoms with Gasteiger partial charge in [0, 0.05) is 46.4 Å². The topological polar surface area (TPSA) is 78.4 Å². The van der Waals surface area contributed by atoms with E-state index in [1.54, 1.807) is 7.11 Å². The van der Waals surface area contributed by atoms with E-state index in [4.69, 9.17) is 14.5 Å². The summed E-state index contributed by atoms with van der Waals surface area (Å²) in [7, 11) is 1.63. The third-order valence-electron chi connectivity index (χ3n) is 4.61. The maximum absolute atomic E-state index is 11.9. The van der Waals surface area contributed by atoms with Crippen LogP contribution in [0.3, 0.4) is 0 Å². The number of nitrogens with one attached hydrogen (secondary N) is 2. The zero-order valence-electron chi connectivity index (χ0n) is 17.7. The second-order valence-electron chi connectivity index (χ2n) is 6.88. The SMILES string of the molecule is CCNC(=NCCOCc1ccccc1)N1CCN(CC(=O)NCCOC)CC1. The summed E-state index contributed by atoms with van der Waals surface area (Å²) in [5, 5.41) is 6.23. The van der Waals surface area contributed by atoms with Gasteiger partial charge in [-0.3, -0.25) is 14.7 Å². The molecule has 0 radical (unpaired) electrons. The van der Waals surface area contributed by atoms with Gasteiger partial charge >= 0.3 is 0 Å². The summed E-state index contributed by atoms with van der Waals surface area (Å²) in [5.74, 6) is 0.964. The van der Waals surface area contributed by atoms with Crippen LogP contribution in [0.1, 0.15) is 12.5 Å². The van der Waals surface area contributed by atoms with Crippen molar-refractivity contribution in [2.24, 2.45) is 4.99 Å². The monoisotopic (exact) mass is 405 g/mol. The zero-order chi connectivity index (χ0) is 20.7. The van der Waals surface area contributed by atoms with E-state index < -0.39 is 0 Å². The first-order valence-corrected chi connectivity index (χ1v) is 10.4. The van der Waals surface area contributed by atoms with Gasteiger partial charge < -0.3 is 25.0 Å². The summed E-state index contributed by atoms with van der Waals surface area (Å²) in [6.07, 6.45) is 0. The Kier molecular flexibility index (Phi) is 11.1. The highest BCUT2D eigenvalue weighted by atomic mass is 16.5. The van der Waals surface area contributed by atoms with Gasteiger partial charge in [0.05, 0.1) is 32.9 Å². The minimum atomic E-state index is 0.0478. The van der Waals surface area contributed by atoms with Crippen LogP contribution in [0.2, 0.25) is 0 Å². The lowest BCUT2D eigenvalue weighted by Crippen LogP contribution is -2.54. The molecule has 8 heteroatoms. The number of carbonyl (C=O) groups is 1. The minimum absolute atomic E-state index is 0.0478. The molecule has 2 rings (SSSR count). The Morgan fingerprint density at radius 1 is 1.10 bits per heavy atom. The van der Waals surface area contributed by atoms with Crippen molar-refractivity contribution < 1.29 is 14.3 Å². The number of amides is 1. The molecule has 0 atom stereocenters. The molecule has 1 aliphatic heterocycles. The van der Waals surface area contributed by atoms with E-state index >= 15 is 0 Å². The van der Waals surface area contributed by atoms with Crippen molar-refractivity contribution in [1.82, 2.24) is 20.4 Å². The largest absolute Gasteiger partial charge is 0.383 e. The summed E-state index contributed by atoms with van der Waals surface area (Å²) in [4.78, 5) is 21.1.